The number of amides is 1. The van der Waals surface area contributed by atoms with Gasteiger partial charge in [0, 0.05) is 22.8 Å². The summed E-state index contributed by atoms with van der Waals surface area (Å²) < 4.78 is 2.45. The van der Waals surface area contributed by atoms with Gasteiger partial charge in [0.05, 0.1) is 11.1 Å². The first-order chi connectivity index (χ1) is 9.51. The van der Waals surface area contributed by atoms with Crippen LogP contribution in [0.4, 0.5) is 11.4 Å². The molecule has 0 spiro atoms. The van der Waals surface area contributed by atoms with Gasteiger partial charge in [-0.1, -0.05) is 15.9 Å². The number of carbonyl (C=O) groups is 1. The summed E-state index contributed by atoms with van der Waals surface area (Å²) in [6, 6.07) is 8.37. The SMILES string of the molecule is CCn1cc([N+](=O)[O-])cc1C(=O)Nc1ccc(Br)cc1. The zero-order valence-corrected chi connectivity index (χ0v) is 12.3. The van der Waals surface area contributed by atoms with Gasteiger partial charge in [0.15, 0.2) is 0 Å². The number of hydrogen-bond acceptors (Lipinski definition) is 3. The molecule has 0 aliphatic rings. The molecule has 0 saturated heterocycles. The predicted molar refractivity (Wildman–Crippen MR) is 78.9 cm³/mol. The molecule has 7 heteroatoms. The molecule has 0 fully saturated rings. The van der Waals surface area contributed by atoms with Gasteiger partial charge in [-0.2, -0.15) is 0 Å². The molecular formula is C13H12BrN3O3. The molecule has 0 bridgehead atoms. The van der Waals surface area contributed by atoms with Crippen LogP contribution in [0.5, 0.6) is 0 Å². The molecule has 6 nitrogen and oxygen atoms in total. The van der Waals surface area contributed by atoms with Gasteiger partial charge in [-0.3, -0.25) is 14.9 Å². The van der Waals surface area contributed by atoms with Crippen molar-refractivity contribution in [1.29, 1.82) is 0 Å². The summed E-state index contributed by atoms with van der Waals surface area (Å²) >= 11 is 3.31. The van der Waals surface area contributed by atoms with E-state index in [9.17, 15) is 14.9 Å². The number of halogens is 1. The third-order valence-corrected chi connectivity index (χ3v) is 3.30. The van der Waals surface area contributed by atoms with Gasteiger partial charge >= 0.3 is 0 Å². The number of carbonyl (C=O) groups excluding carboxylic acids is 1. The van der Waals surface area contributed by atoms with Crippen LogP contribution in [-0.4, -0.2) is 15.4 Å². The van der Waals surface area contributed by atoms with Crippen LogP contribution in [0.1, 0.15) is 17.4 Å². The fourth-order valence-electron chi connectivity index (χ4n) is 1.78. The van der Waals surface area contributed by atoms with Crippen LogP contribution in [0.2, 0.25) is 0 Å². The lowest BCUT2D eigenvalue weighted by Gasteiger charge is -2.07. The van der Waals surface area contributed by atoms with E-state index < -0.39 is 4.92 Å². The minimum atomic E-state index is -0.511. The van der Waals surface area contributed by atoms with Crippen LogP contribution in [0.3, 0.4) is 0 Å². The number of nitrogens with zero attached hydrogens (tertiary/aromatic N) is 2. The fraction of sp³-hybridized carbons (Fsp3) is 0.154. The number of nitrogens with one attached hydrogen (secondary N) is 1. The maximum atomic E-state index is 12.1. The van der Waals surface area contributed by atoms with Crippen LogP contribution in [0, 0.1) is 10.1 Å². The topological polar surface area (TPSA) is 77.2 Å². The Hall–Kier alpha value is -2.15. The van der Waals surface area contributed by atoms with Crippen molar-refractivity contribution in [3.05, 3.63) is 56.8 Å². The summed E-state index contributed by atoms with van der Waals surface area (Å²) in [5.41, 5.74) is 0.805. The lowest BCUT2D eigenvalue weighted by molar-refractivity contribution is -0.384. The summed E-state index contributed by atoms with van der Waals surface area (Å²) in [6.07, 6.45) is 1.36. The van der Waals surface area contributed by atoms with E-state index in [4.69, 9.17) is 0 Å². The van der Waals surface area contributed by atoms with Crippen molar-refractivity contribution < 1.29 is 9.72 Å². The predicted octanol–water partition coefficient (Wildman–Crippen LogP) is 3.43. The zero-order valence-electron chi connectivity index (χ0n) is 10.7. The Morgan fingerprint density at radius 2 is 2.05 bits per heavy atom. The molecule has 0 atom stereocenters. The average Bonchev–Trinajstić information content (AvgIpc) is 2.86. The first-order valence-corrected chi connectivity index (χ1v) is 6.72. The molecule has 1 amide bonds. The van der Waals surface area contributed by atoms with Crippen molar-refractivity contribution >= 4 is 33.2 Å². The van der Waals surface area contributed by atoms with Gasteiger partial charge in [0.25, 0.3) is 11.6 Å². The highest BCUT2D eigenvalue weighted by atomic mass is 79.9. The van der Waals surface area contributed by atoms with E-state index in [0.717, 1.165) is 4.47 Å². The Morgan fingerprint density at radius 1 is 1.40 bits per heavy atom. The average molecular weight is 338 g/mol. The molecule has 2 rings (SSSR count). The number of anilines is 1. The van der Waals surface area contributed by atoms with Gasteiger partial charge in [-0.15, -0.1) is 0 Å². The number of aryl methyl sites for hydroxylation is 1. The van der Waals surface area contributed by atoms with E-state index in [0.29, 0.717) is 12.2 Å². The number of rotatable bonds is 4. The molecule has 104 valence electrons. The van der Waals surface area contributed by atoms with Gasteiger partial charge < -0.3 is 9.88 Å². The van der Waals surface area contributed by atoms with Crippen molar-refractivity contribution in [2.45, 2.75) is 13.5 Å². The number of hydrogen-bond donors (Lipinski definition) is 1. The molecule has 0 saturated carbocycles. The molecule has 0 radical (unpaired) electrons. The first-order valence-electron chi connectivity index (χ1n) is 5.92. The highest BCUT2D eigenvalue weighted by Crippen LogP contribution is 2.19. The standard InChI is InChI=1S/C13H12BrN3O3/c1-2-16-8-11(17(19)20)7-12(16)13(18)15-10-5-3-9(14)4-6-10/h3-8H,2H2,1H3,(H,15,18). The number of aromatic nitrogens is 1. The molecule has 20 heavy (non-hydrogen) atoms. The molecular weight excluding hydrogens is 326 g/mol. The van der Waals surface area contributed by atoms with Crippen LogP contribution >= 0.6 is 15.9 Å². The van der Waals surface area contributed by atoms with Gasteiger partial charge in [0.1, 0.15) is 5.69 Å². The Morgan fingerprint density at radius 3 is 2.60 bits per heavy atom. The van der Waals surface area contributed by atoms with E-state index in [1.165, 1.54) is 12.3 Å². The van der Waals surface area contributed by atoms with Crippen LogP contribution in [0.25, 0.3) is 0 Å². The number of benzene rings is 1. The van der Waals surface area contributed by atoms with E-state index in [1.807, 2.05) is 6.92 Å². The molecule has 2 aromatic rings. The quantitative estimate of drug-likeness (QED) is 0.685. The van der Waals surface area contributed by atoms with Crippen molar-refractivity contribution in [1.82, 2.24) is 4.57 Å². The highest BCUT2D eigenvalue weighted by molar-refractivity contribution is 9.10. The Balaban J connectivity index is 2.24. The van der Waals surface area contributed by atoms with E-state index in [-0.39, 0.29) is 17.3 Å². The van der Waals surface area contributed by atoms with E-state index in [1.54, 1.807) is 28.8 Å². The molecule has 0 aliphatic heterocycles. The molecule has 1 heterocycles. The molecule has 1 aromatic carbocycles. The third kappa shape index (κ3) is 3.05. The molecule has 1 N–H and O–H groups in total. The summed E-state index contributed by atoms with van der Waals surface area (Å²) in [5.74, 6) is -0.373. The third-order valence-electron chi connectivity index (χ3n) is 2.77. The second-order valence-corrected chi connectivity index (χ2v) is 5.00. The second kappa shape index (κ2) is 5.87. The highest BCUT2D eigenvalue weighted by Gasteiger charge is 2.18. The Labute approximate surface area is 123 Å². The first kappa shape index (κ1) is 14.3. The minimum Gasteiger partial charge on any atom is -0.337 e. The maximum absolute atomic E-state index is 12.1. The van der Waals surface area contributed by atoms with Crippen LogP contribution in [-0.2, 0) is 6.54 Å². The van der Waals surface area contributed by atoms with Crippen molar-refractivity contribution in [2.24, 2.45) is 0 Å². The molecule has 1 aromatic heterocycles. The smallest absolute Gasteiger partial charge is 0.287 e. The summed E-state index contributed by atoms with van der Waals surface area (Å²) in [7, 11) is 0. The van der Waals surface area contributed by atoms with Gasteiger partial charge in [-0.25, -0.2) is 0 Å². The summed E-state index contributed by atoms with van der Waals surface area (Å²) in [5, 5.41) is 13.5. The summed E-state index contributed by atoms with van der Waals surface area (Å²) in [4.78, 5) is 22.4. The molecule has 0 unspecified atom stereocenters. The van der Waals surface area contributed by atoms with Crippen LogP contribution < -0.4 is 5.32 Å². The van der Waals surface area contributed by atoms with Crippen LogP contribution in [0.15, 0.2) is 41.0 Å². The monoisotopic (exact) mass is 337 g/mol. The fourth-order valence-corrected chi connectivity index (χ4v) is 2.04. The minimum absolute atomic E-state index is 0.0900. The van der Waals surface area contributed by atoms with E-state index in [2.05, 4.69) is 21.2 Å². The van der Waals surface area contributed by atoms with Gasteiger partial charge in [-0.05, 0) is 31.2 Å². The van der Waals surface area contributed by atoms with E-state index >= 15 is 0 Å². The largest absolute Gasteiger partial charge is 0.337 e. The van der Waals surface area contributed by atoms with Gasteiger partial charge in [0.2, 0.25) is 0 Å². The second-order valence-electron chi connectivity index (χ2n) is 4.09. The zero-order chi connectivity index (χ0) is 14.7. The normalized spacial score (nSPS) is 10.3. The Bertz CT molecular complexity index is 649. The summed E-state index contributed by atoms with van der Waals surface area (Å²) in [6.45, 7) is 2.30. The number of nitro groups is 1. The lowest BCUT2D eigenvalue weighted by atomic mass is 10.3. The lowest BCUT2D eigenvalue weighted by Crippen LogP contribution is -2.16. The van der Waals surface area contributed by atoms with Crippen molar-refractivity contribution in [3.63, 3.8) is 0 Å². The Kier molecular flexibility index (Phi) is 4.19. The molecule has 0 aliphatic carbocycles. The van der Waals surface area contributed by atoms with Crippen molar-refractivity contribution in [3.8, 4) is 0 Å². The van der Waals surface area contributed by atoms with Crippen molar-refractivity contribution in [2.75, 3.05) is 5.32 Å². The maximum Gasteiger partial charge on any atom is 0.287 e.